The van der Waals surface area contributed by atoms with Crippen molar-refractivity contribution in [2.24, 2.45) is 11.7 Å². The molecule has 1 aliphatic heterocycles. The molecule has 86 valence electrons. The Labute approximate surface area is 95.3 Å². The fraction of sp³-hybridized carbons (Fsp3) is 0.385. The van der Waals surface area contributed by atoms with Crippen LogP contribution in [0.3, 0.4) is 0 Å². The highest BCUT2D eigenvalue weighted by Crippen LogP contribution is 2.16. The minimum atomic E-state index is -0.129. The van der Waals surface area contributed by atoms with Gasteiger partial charge in [-0.05, 0) is 49.0 Å². The summed E-state index contributed by atoms with van der Waals surface area (Å²) in [5, 5.41) is 3.11. The molecule has 2 nitrogen and oxygen atoms in total. The summed E-state index contributed by atoms with van der Waals surface area (Å²) in [6.45, 7) is 2.72. The van der Waals surface area contributed by atoms with E-state index in [0.29, 0.717) is 5.92 Å². The first-order chi connectivity index (χ1) is 7.65. The van der Waals surface area contributed by atoms with E-state index >= 15 is 0 Å². The summed E-state index contributed by atoms with van der Waals surface area (Å²) in [6, 6.07) is 5.32. The number of rotatable bonds is 3. The van der Waals surface area contributed by atoms with Gasteiger partial charge in [0.1, 0.15) is 5.82 Å². The van der Waals surface area contributed by atoms with Gasteiger partial charge in [0.15, 0.2) is 0 Å². The number of hydrogen-bond donors (Lipinski definition) is 2. The summed E-state index contributed by atoms with van der Waals surface area (Å²) in [7, 11) is 0. The molecular weight excluding hydrogens is 203 g/mol. The maximum Gasteiger partial charge on any atom is 0.126 e. The predicted molar refractivity (Wildman–Crippen MR) is 63.2 cm³/mol. The average molecular weight is 220 g/mol. The van der Waals surface area contributed by atoms with Crippen molar-refractivity contribution in [3.05, 3.63) is 47.0 Å². The Kier molecular flexibility index (Phi) is 3.13. The predicted octanol–water partition coefficient (Wildman–Crippen LogP) is 2.09. The molecule has 3 heteroatoms. The van der Waals surface area contributed by atoms with E-state index in [1.54, 1.807) is 13.0 Å². The Hall–Kier alpha value is -1.51. The summed E-state index contributed by atoms with van der Waals surface area (Å²) in [5.41, 5.74) is 7.55. The SMILES string of the molecule is Cc1cc(CC[C@H]2C=C(N)NC2)ccc1F. The van der Waals surface area contributed by atoms with Crippen LogP contribution in [0.1, 0.15) is 17.5 Å². The Bertz CT molecular complexity index is 412. The van der Waals surface area contributed by atoms with Gasteiger partial charge in [0.05, 0.1) is 5.82 Å². The molecule has 0 saturated heterocycles. The van der Waals surface area contributed by atoms with Crippen molar-refractivity contribution in [2.75, 3.05) is 6.54 Å². The first-order valence-electron chi connectivity index (χ1n) is 5.61. The van der Waals surface area contributed by atoms with Gasteiger partial charge >= 0.3 is 0 Å². The van der Waals surface area contributed by atoms with Crippen molar-refractivity contribution >= 4 is 0 Å². The first kappa shape index (κ1) is 11.0. The molecule has 2 rings (SSSR count). The van der Waals surface area contributed by atoms with Crippen molar-refractivity contribution < 1.29 is 4.39 Å². The summed E-state index contributed by atoms with van der Waals surface area (Å²) >= 11 is 0. The quantitative estimate of drug-likeness (QED) is 0.818. The molecule has 0 unspecified atom stereocenters. The van der Waals surface area contributed by atoms with Crippen molar-refractivity contribution in [3.8, 4) is 0 Å². The van der Waals surface area contributed by atoms with E-state index in [1.807, 2.05) is 12.1 Å². The Morgan fingerprint density at radius 3 is 2.94 bits per heavy atom. The maximum absolute atomic E-state index is 13.1. The standard InChI is InChI=1S/C13H17FN2/c1-9-6-10(4-5-12(9)14)2-3-11-7-13(15)16-8-11/h4-7,11,16H,2-3,8,15H2,1H3/t11-/m0/s1. The van der Waals surface area contributed by atoms with Crippen LogP contribution in [0.4, 0.5) is 4.39 Å². The van der Waals surface area contributed by atoms with Crippen LogP contribution in [-0.2, 0) is 6.42 Å². The van der Waals surface area contributed by atoms with Gasteiger partial charge in [0.2, 0.25) is 0 Å². The van der Waals surface area contributed by atoms with Gasteiger partial charge in [0.25, 0.3) is 0 Å². The van der Waals surface area contributed by atoms with E-state index < -0.39 is 0 Å². The molecule has 0 aliphatic carbocycles. The van der Waals surface area contributed by atoms with E-state index in [4.69, 9.17) is 5.73 Å². The third-order valence-corrected chi connectivity index (χ3v) is 3.01. The Balaban J connectivity index is 1.92. The number of aryl methyl sites for hydroxylation is 2. The number of nitrogens with one attached hydrogen (secondary N) is 1. The van der Waals surface area contributed by atoms with E-state index in [2.05, 4.69) is 11.4 Å². The van der Waals surface area contributed by atoms with Crippen LogP contribution >= 0.6 is 0 Å². The minimum absolute atomic E-state index is 0.129. The van der Waals surface area contributed by atoms with Crippen LogP contribution in [0.25, 0.3) is 0 Å². The molecule has 1 aromatic carbocycles. The molecule has 0 radical (unpaired) electrons. The Morgan fingerprint density at radius 1 is 1.50 bits per heavy atom. The van der Waals surface area contributed by atoms with E-state index in [0.717, 1.165) is 30.8 Å². The first-order valence-corrected chi connectivity index (χ1v) is 5.61. The zero-order valence-electron chi connectivity index (χ0n) is 9.46. The third-order valence-electron chi connectivity index (χ3n) is 3.01. The fourth-order valence-corrected chi connectivity index (χ4v) is 2.02. The van der Waals surface area contributed by atoms with Gasteiger partial charge in [0, 0.05) is 6.54 Å². The summed E-state index contributed by atoms with van der Waals surface area (Å²) in [5.74, 6) is 1.15. The van der Waals surface area contributed by atoms with Gasteiger partial charge in [-0.3, -0.25) is 0 Å². The second-order valence-corrected chi connectivity index (χ2v) is 4.39. The molecule has 0 aromatic heterocycles. The number of hydrogen-bond acceptors (Lipinski definition) is 2. The lowest BCUT2D eigenvalue weighted by molar-refractivity contribution is 0.593. The molecule has 1 heterocycles. The molecule has 0 bridgehead atoms. The number of halogens is 1. The molecule has 1 aromatic rings. The van der Waals surface area contributed by atoms with Crippen molar-refractivity contribution in [3.63, 3.8) is 0 Å². The van der Waals surface area contributed by atoms with Gasteiger partial charge < -0.3 is 11.1 Å². The minimum Gasteiger partial charge on any atom is -0.386 e. The molecule has 0 amide bonds. The molecule has 0 spiro atoms. The molecule has 1 atom stereocenters. The summed E-state index contributed by atoms with van der Waals surface area (Å²) in [6.07, 6.45) is 4.09. The van der Waals surface area contributed by atoms with Crippen LogP contribution < -0.4 is 11.1 Å². The number of benzene rings is 1. The lowest BCUT2D eigenvalue weighted by atomic mass is 9.99. The van der Waals surface area contributed by atoms with Crippen LogP contribution in [0, 0.1) is 18.7 Å². The average Bonchev–Trinajstić information content (AvgIpc) is 2.66. The highest BCUT2D eigenvalue weighted by molar-refractivity contribution is 5.24. The zero-order chi connectivity index (χ0) is 11.5. The smallest absolute Gasteiger partial charge is 0.126 e. The van der Waals surface area contributed by atoms with E-state index in [9.17, 15) is 4.39 Å². The normalized spacial score (nSPS) is 19.4. The highest BCUT2D eigenvalue weighted by atomic mass is 19.1. The molecule has 3 N–H and O–H groups in total. The van der Waals surface area contributed by atoms with Gasteiger partial charge in [-0.2, -0.15) is 0 Å². The maximum atomic E-state index is 13.1. The second kappa shape index (κ2) is 4.56. The van der Waals surface area contributed by atoms with Crippen molar-refractivity contribution in [1.82, 2.24) is 5.32 Å². The number of nitrogens with two attached hydrogens (primary N) is 1. The Morgan fingerprint density at radius 2 is 2.31 bits per heavy atom. The zero-order valence-corrected chi connectivity index (χ0v) is 9.46. The van der Waals surface area contributed by atoms with E-state index in [-0.39, 0.29) is 5.82 Å². The van der Waals surface area contributed by atoms with Crippen LogP contribution in [0.2, 0.25) is 0 Å². The van der Waals surface area contributed by atoms with Crippen molar-refractivity contribution in [2.45, 2.75) is 19.8 Å². The molecule has 16 heavy (non-hydrogen) atoms. The van der Waals surface area contributed by atoms with Gasteiger partial charge in [-0.25, -0.2) is 4.39 Å². The lowest BCUT2D eigenvalue weighted by Gasteiger charge is -2.07. The summed E-state index contributed by atoms with van der Waals surface area (Å²) < 4.78 is 13.1. The lowest BCUT2D eigenvalue weighted by Crippen LogP contribution is -2.16. The molecule has 0 fully saturated rings. The molecule has 0 saturated carbocycles. The largest absolute Gasteiger partial charge is 0.386 e. The third kappa shape index (κ3) is 2.54. The van der Waals surface area contributed by atoms with Crippen LogP contribution in [-0.4, -0.2) is 6.54 Å². The van der Waals surface area contributed by atoms with E-state index in [1.165, 1.54) is 5.56 Å². The van der Waals surface area contributed by atoms with Gasteiger partial charge in [-0.15, -0.1) is 0 Å². The second-order valence-electron chi connectivity index (χ2n) is 4.39. The molecular formula is C13H17FN2. The summed E-state index contributed by atoms with van der Waals surface area (Å²) in [4.78, 5) is 0. The van der Waals surface area contributed by atoms with Crippen LogP contribution in [0.5, 0.6) is 0 Å². The fourth-order valence-electron chi connectivity index (χ4n) is 2.02. The molecule has 1 aliphatic rings. The highest BCUT2D eigenvalue weighted by Gasteiger charge is 2.12. The van der Waals surface area contributed by atoms with Gasteiger partial charge in [-0.1, -0.05) is 12.1 Å². The monoisotopic (exact) mass is 220 g/mol. The topological polar surface area (TPSA) is 38.0 Å². The van der Waals surface area contributed by atoms with Crippen molar-refractivity contribution in [1.29, 1.82) is 0 Å². The van der Waals surface area contributed by atoms with Crippen LogP contribution in [0.15, 0.2) is 30.1 Å².